The third kappa shape index (κ3) is 4.49. The van der Waals surface area contributed by atoms with Crippen molar-refractivity contribution >= 4 is 0 Å². The first-order chi connectivity index (χ1) is 7.05. The zero-order chi connectivity index (χ0) is 11.3. The van der Waals surface area contributed by atoms with Gasteiger partial charge >= 0.3 is 0 Å². The van der Waals surface area contributed by atoms with Gasteiger partial charge in [0.1, 0.15) is 0 Å². The maximum absolute atomic E-state index is 5.40. The lowest BCUT2D eigenvalue weighted by Gasteiger charge is -2.29. The minimum absolute atomic E-state index is 0.183. The summed E-state index contributed by atoms with van der Waals surface area (Å²) in [6, 6.07) is 0.561. The average molecular weight is 214 g/mol. The predicted octanol–water partition coefficient (Wildman–Crippen LogP) is 1.39. The van der Waals surface area contributed by atoms with Crippen molar-refractivity contribution in [1.29, 1.82) is 0 Å². The zero-order valence-corrected chi connectivity index (χ0v) is 10.6. The normalized spacial score (nSPS) is 24.4. The van der Waals surface area contributed by atoms with E-state index in [1.165, 1.54) is 6.42 Å². The fraction of sp³-hybridized carbons (Fsp3) is 1.00. The van der Waals surface area contributed by atoms with Gasteiger partial charge in [-0.05, 0) is 39.7 Å². The van der Waals surface area contributed by atoms with Crippen molar-refractivity contribution in [3.05, 3.63) is 0 Å². The van der Waals surface area contributed by atoms with E-state index in [-0.39, 0.29) is 5.54 Å². The van der Waals surface area contributed by atoms with Gasteiger partial charge in [0.15, 0.2) is 0 Å². The summed E-state index contributed by atoms with van der Waals surface area (Å²) in [7, 11) is 0. The van der Waals surface area contributed by atoms with E-state index < -0.39 is 0 Å². The molecule has 0 aromatic heterocycles. The molecule has 1 fully saturated rings. The Labute approximate surface area is 94.0 Å². The number of likely N-dealkylation sites (N-methyl/N-ethyl adjacent to an activating group) is 1. The second-order valence-corrected chi connectivity index (χ2v) is 5.21. The SMILES string of the molecule is CCNC(C)(C)CNC(C)C1CCOC1. The molecule has 3 nitrogen and oxygen atoms in total. The highest BCUT2D eigenvalue weighted by atomic mass is 16.5. The van der Waals surface area contributed by atoms with Gasteiger partial charge < -0.3 is 15.4 Å². The summed E-state index contributed by atoms with van der Waals surface area (Å²) in [5.41, 5.74) is 0.183. The summed E-state index contributed by atoms with van der Waals surface area (Å²) >= 11 is 0. The van der Waals surface area contributed by atoms with Gasteiger partial charge in [-0.25, -0.2) is 0 Å². The first-order valence-corrected chi connectivity index (χ1v) is 6.11. The molecule has 2 N–H and O–H groups in total. The maximum atomic E-state index is 5.40. The molecule has 1 saturated heterocycles. The lowest BCUT2D eigenvalue weighted by molar-refractivity contribution is 0.177. The third-order valence-corrected chi connectivity index (χ3v) is 3.19. The molecule has 0 aromatic carbocycles. The van der Waals surface area contributed by atoms with E-state index in [2.05, 4.69) is 38.3 Å². The van der Waals surface area contributed by atoms with Crippen LogP contribution in [0.2, 0.25) is 0 Å². The molecule has 1 aliphatic heterocycles. The fourth-order valence-electron chi connectivity index (χ4n) is 2.07. The monoisotopic (exact) mass is 214 g/mol. The second-order valence-electron chi connectivity index (χ2n) is 5.21. The van der Waals surface area contributed by atoms with Gasteiger partial charge in [-0.2, -0.15) is 0 Å². The summed E-state index contributed by atoms with van der Waals surface area (Å²) in [5.74, 6) is 0.697. The highest BCUT2D eigenvalue weighted by molar-refractivity contribution is 4.83. The second kappa shape index (κ2) is 5.83. The molecule has 2 unspecified atom stereocenters. The zero-order valence-electron chi connectivity index (χ0n) is 10.6. The molecule has 1 aliphatic rings. The number of nitrogens with one attached hydrogen (secondary N) is 2. The Morgan fingerprint density at radius 2 is 2.20 bits per heavy atom. The van der Waals surface area contributed by atoms with Crippen LogP contribution >= 0.6 is 0 Å². The number of rotatable bonds is 6. The van der Waals surface area contributed by atoms with E-state index in [0.29, 0.717) is 12.0 Å². The lowest BCUT2D eigenvalue weighted by atomic mass is 9.99. The minimum Gasteiger partial charge on any atom is -0.381 e. The largest absolute Gasteiger partial charge is 0.381 e. The summed E-state index contributed by atoms with van der Waals surface area (Å²) in [5, 5.41) is 7.08. The molecule has 90 valence electrons. The molecule has 0 amide bonds. The molecule has 3 heteroatoms. The number of ether oxygens (including phenoxy) is 1. The van der Waals surface area contributed by atoms with E-state index in [4.69, 9.17) is 4.74 Å². The Balaban J connectivity index is 2.23. The van der Waals surface area contributed by atoms with Crippen LogP contribution in [0.5, 0.6) is 0 Å². The van der Waals surface area contributed by atoms with Crippen molar-refractivity contribution in [2.75, 3.05) is 26.3 Å². The van der Waals surface area contributed by atoms with Crippen molar-refractivity contribution in [3.63, 3.8) is 0 Å². The van der Waals surface area contributed by atoms with Crippen LogP contribution in [0.1, 0.15) is 34.1 Å². The van der Waals surface area contributed by atoms with Gasteiger partial charge in [0, 0.05) is 24.7 Å². The van der Waals surface area contributed by atoms with Gasteiger partial charge in [0.05, 0.1) is 6.61 Å². The van der Waals surface area contributed by atoms with Crippen LogP contribution in [0, 0.1) is 5.92 Å². The maximum Gasteiger partial charge on any atom is 0.0509 e. The molecule has 0 spiro atoms. The summed E-state index contributed by atoms with van der Waals surface area (Å²) in [6.45, 7) is 12.8. The van der Waals surface area contributed by atoms with E-state index >= 15 is 0 Å². The molecule has 0 saturated carbocycles. The van der Waals surface area contributed by atoms with Crippen molar-refractivity contribution in [3.8, 4) is 0 Å². The van der Waals surface area contributed by atoms with Gasteiger partial charge in [0.25, 0.3) is 0 Å². The molecular weight excluding hydrogens is 188 g/mol. The standard InChI is InChI=1S/C12H26N2O/c1-5-14-12(3,4)9-13-10(2)11-6-7-15-8-11/h10-11,13-14H,5-9H2,1-4H3. The van der Waals surface area contributed by atoms with E-state index in [1.807, 2.05) is 0 Å². The van der Waals surface area contributed by atoms with E-state index in [1.54, 1.807) is 0 Å². The number of hydrogen-bond acceptors (Lipinski definition) is 3. The highest BCUT2D eigenvalue weighted by Crippen LogP contribution is 2.16. The van der Waals surface area contributed by atoms with Crippen LogP contribution in [0.3, 0.4) is 0 Å². The molecule has 1 rings (SSSR count). The van der Waals surface area contributed by atoms with Crippen molar-refractivity contribution in [2.45, 2.75) is 45.7 Å². The fourth-order valence-corrected chi connectivity index (χ4v) is 2.07. The topological polar surface area (TPSA) is 33.3 Å². The molecule has 15 heavy (non-hydrogen) atoms. The van der Waals surface area contributed by atoms with Crippen LogP contribution in [-0.2, 0) is 4.74 Å². The minimum atomic E-state index is 0.183. The summed E-state index contributed by atoms with van der Waals surface area (Å²) in [6.07, 6.45) is 1.20. The lowest BCUT2D eigenvalue weighted by Crippen LogP contribution is -2.50. The van der Waals surface area contributed by atoms with Gasteiger partial charge in [-0.1, -0.05) is 6.92 Å². The molecule has 0 aliphatic carbocycles. The molecule has 0 radical (unpaired) electrons. The number of hydrogen-bond donors (Lipinski definition) is 2. The summed E-state index contributed by atoms with van der Waals surface area (Å²) < 4.78 is 5.40. The highest BCUT2D eigenvalue weighted by Gasteiger charge is 2.24. The van der Waals surface area contributed by atoms with Crippen LogP contribution in [-0.4, -0.2) is 37.9 Å². The quantitative estimate of drug-likeness (QED) is 0.701. The smallest absolute Gasteiger partial charge is 0.0509 e. The molecular formula is C12H26N2O. The molecule has 1 heterocycles. The molecule has 0 aromatic rings. The van der Waals surface area contributed by atoms with Gasteiger partial charge in [0.2, 0.25) is 0 Å². The Morgan fingerprint density at radius 1 is 1.47 bits per heavy atom. The van der Waals surface area contributed by atoms with Crippen LogP contribution in [0.15, 0.2) is 0 Å². The Bertz CT molecular complexity index is 176. The molecule has 0 bridgehead atoms. The summed E-state index contributed by atoms with van der Waals surface area (Å²) in [4.78, 5) is 0. The Morgan fingerprint density at radius 3 is 2.73 bits per heavy atom. The van der Waals surface area contributed by atoms with E-state index in [9.17, 15) is 0 Å². The Kier molecular flexibility index (Phi) is 5.03. The van der Waals surface area contributed by atoms with Crippen molar-refractivity contribution in [2.24, 2.45) is 5.92 Å². The van der Waals surface area contributed by atoms with Crippen LogP contribution in [0.4, 0.5) is 0 Å². The van der Waals surface area contributed by atoms with E-state index in [0.717, 1.165) is 26.3 Å². The van der Waals surface area contributed by atoms with Gasteiger partial charge in [-0.15, -0.1) is 0 Å². The predicted molar refractivity (Wildman–Crippen MR) is 64.1 cm³/mol. The molecule has 2 atom stereocenters. The van der Waals surface area contributed by atoms with Crippen molar-refractivity contribution < 1.29 is 4.74 Å². The van der Waals surface area contributed by atoms with Crippen molar-refractivity contribution in [1.82, 2.24) is 10.6 Å². The Hall–Kier alpha value is -0.120. The van der Waals surface area contributed by atoms with Crippen LogP contribution in [0.25, 0.3) is 0 Å². The third-order valence-electron chi connectivity index (χ3n) is 3.19. The first-order valence-electron chi connectivity index (χ1n) is 6.11. The van der Waals surface area contributed by atoms with Gasteiger partial charge in [-0.3, -0.25) is 0 Å². The van der Waals surface area contributed by atoms with Crippen LogP contribution < -0.4 is 10.6 Å². The average Bonchev–Trinajstić information content (AvgIpc) is 2.67. The first kappa shape index (κ1) is 12.9.